The average molecular weight is 105 g/mol. The quantitative estimate of drug-likeness (QED) is 0.411. The Balaban J connectivity index is 3.13. The summed E-state index contributed by atoms with van der Waals surface area (Å²) in [7, 11) is 2.06. The van der Waals surface area contributed by atoms with Gasteiger partial charge in [0.15, 0.2) is 0 Å². The first-order valence-electron chi connectivity index (χ1n) is 2.69. The molecule has 0 aromatic carbocycles. The van der Waals surface area contributed by atoms with Gasteiger partial charge in [0.25, 0.3) is 0 Å². The van der Waals surface area contributed by atoms with Crippen molar-refractivity contribution in [3.63, 3.8) is 0 Å². The average Bonchev–Trinajstić information content (AvgIpc) is 1.77. The fourth-order valence-electron chi connectivity index (χ4n) is 0.565. The van der Waals surface area contributed by atoms with Crippen LogP contribution in [-0.2, 0) is 0 Å². The summed E-state index contributed by atoms with van der Waals surface area (Å²) in [6.07, 6.45) is 1.81. The zero-order valence-corrected chi connectivity index (χ0v) is 5.18. The molecule has 1 aromatic heterocycles. The molecule has 1 nitrogen and oxygen atoms in total. The first-order valence-corrected chi connectivity index (χ1v) is 2.69. The number of aryl methyl sites for hydroxylation is 1. The van der Waals surface area contributed by atoms with Crippen molar-refractivity contribution in [2.24, 2.45) is 0 Å². The number of nitrogens with zero attached hydrogens (tertiary/aromatic N) is 1. The van der Waals surface area contributed by atoms with E-state index in [0.717, 1.165) is 5.69 Å². The van der Waals surface area contributed by atoms with Crippen molar-refractivity contribution in [3.8, 4) is 0 Å². The van der Waals surface area contributed by atoms with Crippen LogP contribution in [0.5, 0.6) is 0 Å². The van der Waals surface area contributed by atoms with Gasteiger partial charge in [-0.2, -0.15) is 0 Å². The van der Waals surface area contributed by atoms with Gasteiger partial charge in [0, 0.05) is 11.9 Å². The second kappa shape index (κ2) is 1.99. The van der Waals surface area contributed by atoms with Crippen LogP contribution in [0.25, 0.3) is 0 Å². The van der Waals surface area contributed by atoms with Crippen LogP contribution < -0.4 is 5.46 Å². The van der Waals surface area contributed by atoms with Crippen molar-refractivity contribution in [1.29, 1.82) is 0 Å². The van der Waals surface area contributed by atoms with Crippen LogP contribution in [0, 0.1) is 6.92 Å². The van der Waals surface area contributed by atoms with E-state index in [-0.39, 0.29) is 0 Å². The molecule has 0 spiro atoms. The van der Waals surface area contributed by atoms with Crippen LogP contribution in [0.15, 0.2) is 18.3 Å². The van der Waals surface area contributed by atoms with Crippen LogP contribution in [0.4, 0.5) is 0 Å². The molecule has 1 rings (SSSR count). The van der Waals surface area contributed by atoms with E-state index in [1.54, 1.807) is 0 Å². The van der Waals surface area contributed by atoms with E-state index < -0.39 is 0 Å². The standard InChI is InChI=1S/C6H8BN/c1-5-6(7)3-2-4-8-5/h2-4H,7H2,1H3. The summed E-state index contributed by atoms with van der Waals surface area (Å²) in [5.41, 5.74) is 2.38. The van der Waals surface area contributed by atoms with Crippen LogP contribution >= 0.6 is 0 Å². The second-order valence-corrected chi connectivity index (χ2v) is 1.91. The van der Waals surface area contributed by atoms with E-state index >= 15 is 0 Å². The van der Waals surface area contributed by atoms with E-state index in [2.05, 4.69) is 18.9 Å². The first kappa shape index (κ1) is 5.35. The molecule has 0 aliphatic carbocycles. The molecule has 0 atom stereocenters. The van der Waals surface area contributed by atoms with Gasteiger partial charge in [-0.05, 0) is 13.0 Å². The molecular weight excluding hydrogens is 96.9 g/mol. The van der Waals surface area contributed by atoms with Crippen molar-refractivity contribution in [1.82, 2.24) is 4.98 Å². The minimum atomic E-state index is 1.12. The fraction of sp³-hybridized carbons (Fsp3) is 0.167. The van der Waals surface area contributed by atoms with E-state index in [4.69, 9.17) is 0 Å². The van der Waals surface area contributed by atoms with Gasteiger partial charge in [-0.3, -0.25) is 4.98 Å². The molecular formula is C6H8BN. The number of aromatic nitrogens is 1. The van der Waals surface area contributed by atoms with Gasteiger partial charge in [0.05, 0.1) is 0 Å². The number of pyridine rings is 1. The van der Waals surface area contributed by atoms with Crippen molar-refractivity contribution in [3.05, 3.63) is 24.0 Å². The molecule has 0 saturated carbocycles. The summed E-state index contributed by atoms with van der Waals surface area (Å²) in [6, 6.07) is 4.00. The lowest BCUT2D eigenvalue weighted by atomic mass is 9.95. The van der Waals surface area contributed by atoms with Gasteiger partial charge < -0.3 is 0 Å². The maximum atomic E-state index is 4.08. The predicted molar refractivity (Wildman–Crippen MR) is 37.2 cm³/mol. The second-order valence-electron chi connectivity index (χ2n) is 1.91. The maximum absolute atomic E-state index is 4.08. The molecule has 0 saturated heterocycles. The molecule has 0 N–H and O–H groups in total. The molecule has 0 aliphatic rings. The third-order valence-electron chi connectivity index (χ3n) is 1.27. The van der Waals surface area contributed by atoms with E-state index in [0.29, 0.717) is 0 Å². The van der Waals surface area contributed by atoms with Crippen LogP contribution in [0.3, 0.4) is 0 Å². The van der Waals surface area contributed by atoms with Gasteiger partial charge in [0.2, 0.25) is 0 Å². The Labute approximate surface area is 50.2 Å². The summed E-state index contributed by atoms with van der Waals surface area (Å²) in [5.74, 6) is 0. The number of hydrogen-bond acceptors (Lipinski definition) is 1. The Hall–Kier alpha value is -0.785. The monoisotopic (exact) mass is 105 g/mol. The van der Waals surface area contributed by atoms with Gasteiger partial charge in [-0.25, -0.2) is 0 Å². The smallest absolute Gasteiger partial charge is 0.141 e. The Bertz CT molecular complexity index is 165. The highest BCUT2D eigenvalue weighted by atomic mass is 14.6. The first-order chi connectivity index (χ1) is 3.80. The summed E-state index contributed by atoms with van der Waals surface area (Å²) in [4.78, 5) is 4.08. The molecule has 0 bridgehead atoms. The van der Waals surface area contributed by atoms with E-state index in [1.165, 1.54) is 5.46 Å². The molecule has 2 heteroatoms. The summed E-state index contributed by atoms with van der Waals surface area (Å²) >= 11 is 0. The highest BCUT2D eigenvalue weighted by Gasteiger charge is 1.85. The fourth-order valence-corrected chi connectivity index (χ4v) is 0.565. The third-order valence-corrected chi connectivity index (χ3v) is 1.27. The Morgan fingerprint density at radius 1 is 1.62 bits per heavy atom. The summed E-state index contributed by atoms with van der Waals surface area (Å²) in [5, 5.41) is 0. The van der Waals surface area contributed by atoms with Crippen molar-refractivity contribution in [2.75, 3.05) is 0 Å². The Morgan fingerprint density at radius 3 is 2.75 bits per heavy atom. The van der Waals surface area contributed by atoms with E-state index in [1.807, 2.05) is 19.2 Å². The van der Waals surface area contributed by atoms with Gasteiger partial charge in [-0.1, -0.05) is 11.5 Å². The molecule has 40 valence electrons. The van der Waals surface area contributed by atoms with E-state index in [9.17, 15) is 0 Å². The largest absolute Gasteiger partial charge is 0.262 e. The number of hydrogen-bond donors (Lipinski definition) is 0. The highest BCUT2D eigenvalue weighted by Crippen LogP contribution is 1.81. The summed E-state index contributed by atoms with van der Waals surface area (Å²) < 4.78 is 0. The van der Waals surface area contributed by atoms with Crippen LogP contribution in [0.1, 0.15) is 5.69 Å². The zero-order valence-electron chi connectivity index (χ0n) is 5.18. The SMILES string of the molecule is Bc1cccnc1C. The summed E-state index contributed by atoms with van der Waals surface area (Å²) in [6.45, 7) is 2.01. The molecule has 0 aliphatic heterocycles. The zero-order chi connectivity index (χ0) is 5.98. The molecule has 0 amide bonds. The normalized spacial score (nSPS) is 9.12. The minimum Gasteiger partial charge on any atom is -0.262 e. The van der Waals surface area contributed by atoms with Gasteiger partial charge in [0.1, 0.15) is 7.85 Å². The Kier molecular flexibility index (Phi) is 1.33. The highest BCUT2D eigenvalue weighted by molar-refractivity contribution is 6.32. The minimum absolute atomic E-state index is 1.12. The van der Waals surface area contributed by atoms with Crippen molar-refractivity contribution >= 4 is 13.3 Å². The third kappa shape index (κ3) is 0.888. The van der Waals surface area contributed by atoms with Gasteiger partial charge in [-0.15, -0.1) is 0 Å². The molecule has 8 heavy (non-hydrogen) atoms. The predicted octanol–water partition coefficient (Wildman–Crippen LogP) is -0.352. The molecule has 0 unspecified atom stereocenters. The molecule has 0 radical (unpaired) electrons. The van der Waals surface area contributed by atoms with Crippen LogP contribution in [-0.4, -0.2) is 12.8 Å². The lowest BCUT2D eigenvalue weighted by Gasteiger charge is -1.92. The lowest BCUT2D eigenvalue weighted by Crippen LogP contribution is -2.07. The topological polar surface area (TPSA) is 12.9 Å². The maximum Gasteiger partial charge on any atom is 0.141 e. The number of rotatable bonds is 0. The van der Waals surface area contributed by atoms with Gasteiger partial charge >= 0.3 is 0 Å². The van der Waals surface area contributed by atoms with Crippen LogP contribution in [0.2, 0.25) is 0 Å². The van der Waals surface area contributed by atoms with Crippen molar-refractivity contribution in [2.45, 2.75) is 6.92 Å². The molecule has 1 heterocycles. The van der Waals surface area contributed by atoms with Crippen molar-refractivity contribution < 1.29 is 0 Å². The molecule has 0 fully saturated rings. The Morgan fingerprint density at radius 2 is 2.38 bits per heavy atom. The lowest BCUT2D eigenvalue weighted by molar-refractivity contribution is 1.22. The molecule has 1 aromatic rings.